The van der Waals surface area contributed by atoms with E-state index in [2.05, 4.69) is 15.5 Å². The molecule has 0 bridgehead atoms. The fourth-order valence-corrected chi connectivity index (χ4v) is 2.55. The third kappa shape index (κ3) is 2.86. The van der Waals surface area contributed by atoms with Gasteiger partial charge in [0.25, 0.3) is 11.6 Å². The number of nitrogens with one attached hydrogen (secondary N) is 2. The van der Waals surface area contributed by atoms with Gasteiger partial charge in [-0.05, 0) is 29.6 Å². The van der Waals surface area contributed by atoms with Crippen LogP contribution in [0.3, 0.4) is 0 Å². The van der Waals surface area contributed by atoms with Gasteiger partial charge in [0.05, 0.1) is 15.5 Å². The number of non-ortho nitro benzene ring substituents is 1. The van der Waals surface area contributed by atoms with Crippen LogP contribution in [0.15, 0.2) is 47.8 Å². The maximum absolute atomic E-state index is 12.1. The Labute approximate surface area is 128 Å². The number of H-pyrrole nitrogens is 1. The normalized spacial score (nSPS) is 10.4. The van der Waals surface area contributed by atoms with Gasteiger partial charge in [-0.15, -0.1) is 11.3 Å². The molecule has 0 aliphatic carbocycles. The minimum atomic E-state index is -0.493. The molecular formula is C14H10N4O3S. The van der Waals surface area contributed by atoms with Gasteiger partial charge in [0.15, 0.2) is 5.69 Å². The number of hydrogen-bond acceptors (Lipinski definition) is 5. The highest BCUT2D eigenvalue weighted by atomic mass is 32.1. The van der Waals surface area contributed by atoms with E-state index in [1.165, 1.54) is 24.3 Å². The molecule has 3 rings (SSSR count). The van der Waals surface area contributed by atoms with Crippen LogP contribution in [-0.2, 0) is 0 Å². The molecule has 0 radical (unpaired) electrons. The first kappa shape index (κ1) is 14.0. The summed E-state index contributed by atoms with van der Waals surface area (Å²) >= 11 is 1.54. The predicted molar refractivity (Wildman–Crippen MR) is 83.0 cm³/mol. The van der Waals surface area contributed by atoms with E-state index in [9.17, 15) is 14.9 Å². The minimum absolute atomic E-state index is 0.0299. The van der Waals surface area contributed by atoms with Gasteiger partial charge >= 0.3 is 0 Å². The van der Waals surface area contributed by atoms with Gasteiger partial charge in [0, 0.05) is 17.8 Å². The average molecular weight is 314 g/mol. The molecule has 1 aromatic carbocycles. The van der Waals surface area contributed by atoms with Crippen molar-refractivity contribution in [2.45, 2.75) is 0 Å². The lowest BCUT2D eigenvalue weighted by molar-refractivity contribution is -0.384. The number of nitro benzene ring substituents is 1. The Kier molecular flexibility index (Phi) is 3.67. The SMILES string of the molecule is O=C(Nc1ccc([N+](=O)[O-])cc1)c1cc(-c2cccs2)[nH]n1. The summed E-state index contributed by atoms with van der Waals surface area (Å²) in [5.41, 5.74) is 1.46. The Bertz CT molecular complexity index is 809. The molecule has 0 atom stereocenters. The number of anilines is 1. The highest BCUT2D eigenvalue weighted by molar-refractivity contribution is 7.13. The smallest absolute Gasteiger partial charge is 0.276 e. The monoisotopic (exact) mass is 314 g/mol. The van der Waals surface area contributed by atoms with E-state index >= 15 is 0 Å². The van der Waals surface area contributed by atoms with Crippen LogP contribution < -0.4 is 5.32 Å². The lowest BCUT2D eigenvalue weighted by atomic mass is 10.2. The predicted octanol–water partition coefficient (Wildman–Crippen LogP) is 3.30. The number of nitrogens with zero attached hydrogens (tertiary/aromatic N) is 2. The van der Waals surface area contributed by atoms with Crippen LogP contribution >= 0.6 is 11.3 Å². The van der Waals surface area contributed by atoms with Gasteiger partial charge in [-0.1, -0.05) is 6.07 Å². The summed E-state index contributed by atoms with van der Waals surface area (Å²) in [4.78, 5) is 23.2. The molecule has 0 saturated heterocycles. The Morgan fingerprint density at radius 2 is 2.05 bits per heavy atom. The minimum Gasteiger partial charge on any atom is -0.321 e. The van der Waals surface area contributed by atoms with Gasteiger partial charge in [-0.2, -0.15) is 5.10 Å². The lowest BCUT2D eigenvalue weighted by Gasteiger charge is -2.02. The molecular weight excluding hydrogens is 304 g/mol. The number of benzene rings is 1. The second-order valence-electron chi connectivity index (χ2n) is 4.40. The summed E-state index contributed by atoms with van der Waals surface area (Å²) in [5, 5.41) is 21.9. The zero-order valence-electron chi connectivity index (χ0n) is 11.1. The van der Waals surface area contributed by atoms with Crippen LogP contribution in [0.4, 0.5) is 11.4 Å². The summed E-state index contributed by atoms with van der Waals surface area (Å²) in [6, 6.07) is 11.1. The Morgan fingerprint density at radius 1 is 1.27 bits per heavy atom. The van der Waals surface area contributed by atoms with Gasteiger partial charge in [-0.25, -0.2) is 0 Å². The zero-order chi connectivity index (χ0) is 15.5. The van der Waals surface area contributed by atoms with Gasteiger partial charge in [-0.3, -0.25) is 20.0 Å². The van der Waals surface area contributed by atoms with Gasteiger partial charge in [0.2, 0.25) is 0 Å². The van der Waals surface area contributed by atoms with Crippen LogP contribution in [-0.4, -0.2) is 21.0 Å². The maximum atomic E-state index is 12.1. The molecule has 3 aromatic rings. The number of carbonyl (C=O) groups is 1. The van der Waals surface area contributed by atoms with Crippen molar-refractivity contribution in [3.63, 3.8) is 0 Å². The van der Waals surface area contributed by atoms with E-state index in [4.69, 9.17) is 0 Å². The number of rotatable bonds is 4. The van der Waals surface area contributed by atoms with Gasteiger partial charge in [0.1, 0.15) is 0 Å². The van der Waals surface area contributed by atoms with Gasteiger partial charge < -0.3 is 5.32 Å². The quantitative estimate of drug-likeness (QED) is 0.570. The van der Waals surface area contributed by atoms with Crippen molar-refractivity contribution in [1.82, 2.24) is 10.2 Å². The van der Waals surface area contributed by atoms with Crippen molar-refractivity contribution in [3.8, 4) is 10.6 Å². The molecule has 0 aliphatic heterocycles. The number of aromatic nitrogens is 2. The fraction of sp³-hybridized carbons (Fsp3) is 0. The van der Waals surface area contributed by atoms with E-state index in [0.717, 1.165) is 10.6 Å². The molecule has 22 heavy (non-hydrogen) atoms. The highest BCUT2D eigenvalue weighted by Gasteiger charge is 2.13. The van der Waals surface area contributed by atoms with Crippen molar-refractivity contribution < 1.29 is 9.72 Å². The molecule has 0 aliphatic rings. The number of nitro groups is 1. The fourth-order valence-electron chi connectivity index (χ4n) is 1.86. The summed E-state index contributed by atoms with van der Waals surface area (Å²) in [6.07, 6.45) is 0. The second kappa shape index (κ2) is 5.78. The standard InChI is InChI=1S/C14H10N4O3S/c19-14(15-9-3-5-10(6-4-9)18(20)21)12-8-11(16-17-12)13-2-1-7-22-13/h1-8H,(H,15,19)(H,16,17). The Hall–Kier alpha value is -3.00. The Morgan fingerprint density at radius 3 is 2.68 bits per heavy atom. The van der Waals surface area contributed by atoms with E-state index < -0.39 is 4.92 Å². The zero-order valence-corrected chi connectivity index (χ0v) is 12.0. The molecule has 0 spiro atoms. The number of thiophene rings is 1. The van der Waals surface area contributed by atoms with E-state index in [1.807, 2.05) is 17.5 Å². The first-order chi connectivity index (χ1) is 10.6. The van der Waals surface area contributed by atoms with Crippen molar-refractivity contribution in [3.05, 3.63) is 63.7 Å². The first-order valence-electron chi connectivity index (χ1n) is 6.28. The first-order valence-corrected chi connectivity index (χ1v) is 7.16. The average Bonchev–Trinajstić information content (AvgIpc) is 3.19. The third-order valence-corrected chi connectivity index (χ3v) is 3.84. The summed E-state index contributed by atoms with van der Waals surface area (Å²) in [5.74, 6) is -0.382. The molecule has 1 amide bonds. The summed E-state index contributed by atoms with van der Waals surface area (Å²) in [7, 11) is 0. The number of amides is 1. The third-order valence-electron chi connectivity index (χ3n) is 2.93. The van der Waals surface area contributed by atoms with Crippen molar-refractivity contribution in [1.29, 1.82) is 0 Å². The number of aromatic amines is 1. The van der Waals surface area contributed by atoms with Crippen LogP contribution in [0.25, 0.3) is 10.6 Å². The topological polar surface area (TPSA) is 101 Å². The number of hydrogen-bond donors (Lipinski definition) is 2. The molecule has 2 N–H and O–H groups in total. The van der Waals surface area contributed by atoms with Crippen LogP contribution in [0.5, 0.6) is 0 Å². The Balaban J connectivity index is 1.73. The molecule has 0 saturated carbocycles. The van der Waals surface area contributed by atoms with Crippen molar-refractivity contribution >= 4 is 28.6 Å². The molecule has 8 heteroatoms. The van der Waals surface area contributed by atoms with Crippen LogP contribution in [0.2, 0.25) is 0 Å². The summed E-state index contributed by atoms with van der Waals surface area (Å²) < 4.78 is 0. The van der Waals surface area contributed by atoms with E-state index in [1.54, 1.807) is 17.4 Å². The maximum Gasteiger partial charge on any atom is 0.276 e. The van der Waals surface area contributed by atoms with Crippen LogP contribution in [0, 0.1) is 10.1 Å². The molecule has 7 nitrogen and oxygen atoms in total. The highest BCUT2D eigenvalue weighted by Crippen LogP contribution is 2.23. The molecule has 0 fully saturated rings. The van der Waals surface area contributed by atoms with Crippen molar-refractivity contribution in [2.75, 3.05) is 5.32 Å². The second-order valence-corrected chi connectivity index (χ2v) is 5.35. The van der Waals surface area contributed by atoms with Crippen LogP contribution in [0.1, 0.15) is 10.5 Å². The van der Waals surface area contributed by atoms with E-state index in [-0.39, 0.29) is 17.3 Å². The molecule has 2 aromatic heterocycles. The number of carbonyl (C=O) groups excluding carboxylic acids is 1. The van der Waals surface area contributed by atoms with E-state index in [0.29, 0.717) is 5.69 Å². The van der Waals surface area contributed by atoms with Crippen molar-refractivity contribution in [2.24, 2.45) is 0 Å². The largest absolute Gasteiger partial charge is 0.321 e. The summed E-state index contributed by atoms with van der Waals surface area (Å²) in [6.45, 7) is 0. The lowest BCUT2D eigenvalue weighted by Crippen LogP contribution is -2.12. The molecule has 2 heterocycles. The molecule has 0 unspecified atom stereocenters. The molecule has 110 valence electrons.